The lowest BCUT2D eigenvalue weighted by Gasteiger charge is -2.37. The van der Waals surface area contributed by atoms with Crippen molar-refractivity contribution in [1.29, 1.82) is 0 Å². The minimum Gasteiger partial charge on any atom is -0.464 e. The third-order valence-electron chi connectivity index (χ3n) is 2.97. The molecule has 0 spiro atoms. The minimum absolute atomic E-state index is 0.159. The van der Waals surface area contributed by atoms with Gasteiger partial charge < -0.3 is 9.15 Å². The number of rotatable bonds is 1. The molecule has 2 heterocycles. The van der Waals surface area contributed by atoms with Crippen LogP contribution in [0.2, 0.25) is 0 Å². The van der Waals surface area contributed by atoms with E-state index in [1.165, 1.54) is 10.9 Å². The van der Waals surface area contributed by atoms with Crippen molar-refractivity contribution in [2.75, 3.05) is 13.2 Å². The molecule has 0 radical (unpaired) electrons. The zero-order chi connectivity index (χ0) is 9.60. The maximum Gasteiger partial charge on any atom is 0.134 e. The number of furan rings is 1. The van der Waals surface area contributed by atoms with Crippen LogP contribution in [0.4, 0.5) is 0 Å². The Hall–Kier alpha value is -1.28. The predicted octanol–water partition coefficient (Wildman–Crippen LogP) is 2.72. The van der Waals surface area contributed by atoms with Gasteiger partial charge in [0, 0.05) is 16.4 Å². The summed E-state index contributed by atoms with van der Waals surface area (Å²) in [5, 5.41) is 1.22. The summed E-state index contributed by atoms with van der Waals surface area (Å²) < 4.78 is 10.8. The highest BCUT2D eigenvalue weighted by atomic mass is 16.5. The van der Waals surface area contributed by atoms with Gasteiger partial charge in [0.25, 0.3) is 0 Å². The van der Waals surface area contributed by atoms with Crippen LogP contribution in [-0.2, 0) is 10.2 Å². The number of hydrogen-bond acceptors (Lipinski definition) is 2. The van der Waals surface area contributed by atoms with E-state index in [1.807, 2.05) is 24.5 Å². The van der Waals surface area contributed by atoms with Crippen molar-refractivity contribution in [3.05, 3.63) is 36.1 Å². The molecular formula is C12H12O2. The zero-order valence-corrected chi connectivity index (χ0v) is 8.12. The number of hydrogen-bond donors (Lipinski definition) is 0. The van der Waals surface area contributed by atoms with Crippen molar-refractivity contribution in [2.45, 2.75) is 12.3 Å². The van der Waals surface area contributed by atoms with Crippen molar-refractivity contribution >= 4 is 11.0 Å². The van der Waals surface area contributed by atoms with Crippen molar-refractivity contribution in [2.24, 2.45) is 0 Å². The summed E-state index contributed by atoms with van der Waals surface area (Å²) in [6, 6.07) is 8.15. The van der Waals surface area contributed by atoms with E-state index in [2.05, 4.69) is 13.0 Å². The highest BCUT2D eigenvalue weighted by Crippen LogP contribution is 2.37. The van der Waals surface area contributed by atoms with Crippen molar-refractivity contribution in [3.63, 3.8) is 0 Å². The first-order valence-electron chi connectivity index (χ1n) is 4.84. The number of benzene rings is 1. The van der Waals surface area contributed by atoms with Gasteiger partial charge in [0.05, 0.1) is 19.5 Å². The van der Waals surface area contributed by atoms with Crippen LogP contribution in [0.15, 0.2) is 34.9 Å². The normalized spacial score (nSPS) is 19.5. The summed E-state index contributed by atoms with van der Waals surface area (Å²) in [6.07, 6.45) is 1.87. The molecule has 14 heavy (non-hydrogen) atoms. The molecule has 72 valence electrons. The van der Waals surface area contributed by atoms with Gasteiger partial charge in [0.15, 0.2) is 0 Å². The molecule has 1 aliphatic rings. The fraction of sp³-hybridized carbons (Fsp3) is 0.333. The molecule has 0 bridgehead atoms. The molecule has 0 unspecified atom stereocenters. The van der Waals surface area contributed by atoms with Gasteiger partial charge in [-0.2, -0.15) is 0 Å². The third-order valence-corrected chi connectivity index (χ3v) is 2.97. The predicted molar refractivity (Wildman–Crippen MR) is 54.4 cm³/mol. The summed E-state index contributed by atoms with van der Waals surface area (Å²) in [5.74, 6) is 0. The largest absolute Gasteiger partial charge is 0.464 e. The zero-order valence-electron chi connectivity index (χ0n) is 8.12. The molecule has 0 aliphatic carbocycles. The molecule has 2 aromatic rings. The lowest BCUT2D eigenvalue weighted by Crippen LogP contribution is -2.43. The first-order chi connectivity index (χ1) is 6.80. The van der Waals surface area contributed by atoms with Gasteiger partial charge in [-0.1, -0.05) is 25.1 Å². The van der Waals surface area contributed by atoms with E-state index < -0.39 is 0 Å². The second-order valence-corrected chi connectivity index (χ2v) is 4.20. The monoisotopic (exact) mass is 188 g/mol. The van der Waals surface area contributed by atoms with Crippen LogP contribution in [-0.4, -0.2) is 13.2 Å². The Labute approximate surface area is 82.5 Å². The molecular weight excluding hydrogens is 176 g/mol. The van der Waals surface area contributed by atoms with Gasteiger partial charge in [0.1, 0.15) is 5.58 Å². The van der Waals surface area contributed by atoms with Gasteiger partial charge in [-0.05, 0) is 6.07 Å². The van der Waals surface area contributed by atoms with Gasteiger partial charge in [-0.3, -0.25) is 0 Å². The Bertz CT molecular complexity index is 466. The van der Waals surface area contributed by atoms with Crippen LogP contribution >= 0.6 is 0 Å². The first kappa shape index (κ1) is 8.06. The van der Waals surface area contributed by atoms with E-state index in [1.54, 1.807) is 0 Å². The second-order valence-electron chi connectivity index (χ2n) is 4.20. The van der Waals surface area contributed by atoms with E-state index in [0.29, 0.717) is 0 Å². The summed E-state index contributed by atoms with van der Waals surface area (Å²) >= 11 is 0. The van der Waals surface area contributed by atoms with E-state index in [9.17, 15) is 0 Å². The molecule has 0 saturated carbocycles. The van der Waals surface area contributed by atoms with Gasteiger partial charge >= 0.3 is 0 Å². The van der Waals surface area contributed by atoms with Gasteiger partial charge in [-0.15, -0.1) is 0 Å². The Balaban J connectivity index is 2.22. The van der Waals surface area contributed by atoms with Gasteiger partial charge in [0.2, 0.25) is 0 Å². The molecule has 1 aromatic carbocycles. The Kier molecular flexibility index (Phi) is 1.50. The molecule has 1 aliphatic heterocycles. The molecule has 0 amide bonds. The van der Waals surface area contributed by atoms with Crippen LogP contribution in [0.1, 0.15) is 12.5 Å². The Morgan fingerprint density at radius 2 is 2.00 bits per heavy atom. The van der Waals surface area contributed by atoms with E-state index in [-0.39, 0.29) is 5.41 Å². The molecule has 2 heteroatoms. The minimum atomic E-state index is 0.159. The molecule has 1 saturated heterocycles. The van der Waals surface area contributed by atoms with Crippen LogP contribution in [0.25, 0.3) is 11.0 Å². The maximum absolute atomic E-state index is 5.52. The molecule has 3 rings (SSSR count). The van der Waals surface area contributed by atoms with E-state index in [4.69, 9.17) is 9.15 Å². The van der Waals surface area contributed by atoms with Crippen LogP contribution in [0, 0.1) is 0 Å². The standard InChI is InChI=1S/C12H12O2/c1-12(7-13-8-12)10-6-14-11-5-3-2-4-9(10)11/h2-6H,7-8H2,1H3. The van der Waals surface area contributed by atoms with E-state index >= 15 is 0 Å². The fourth-order valence-electron chi connectivity index (χ4n) is 2.01. The molecule has 2 nitrogen and oxygen atoms in total. The number of ether oxygens (including phenoxy) is 1. The SMILES string of the molecule is CC1(c2coc3ccccc23)COC1. The average molecular weight is 188 g/mol. The molecule has 1 fully saturated rings. The Morgan fingerprint density at radius 1 is 1.21 bits per heavy atom. The van der Waals surface area contributed by atoms with Gasteiger partial charge in [-0.25, -0.2) is 0 Å². The quantitative estimate of drug-likeness (QED) is 0.686. The number of para-hydroxylation sites is 1. The second kappa shape index (κ2) is 2.61. The Morgan fingerprint density at radius 3 is 2.71 bits per heavy atom. The van der Waals surface area contributed by atoms with Crippen molar-refractivity contribution in [1.82, 2.24) is 0 Å². The topological polar surface area (TPSA) is 22.4 Å². The average Bonchev–Trinajstić information content (AvgIpc) is 2.58. The number of fused-ring (bicyclic) bond motifs is 1. The highest BCUT2D eigenvalue weighted by Gasteiger charge is 2.37. The third kappa shape index (κ3) is 0.946. The summed E-state index contributed by atoms with van der Waals surface area (Å²) in [6.45, 7) is 3.82. The lowest BCUT2D eigenvalue weighted by atomic mass is 9.81. The van der Waals surface area contributed by atoms with E-state index in [0.717, 1.165) is 18.8 Å². The van der Waals surface area contributed by atoms with Crippen LogP contribution in [0.5, 0.6) is 0 Å². The smallest absolute Gasteiger partial charge is 0.134 e. The lowest BCUT2D eigenvalue weighted by molar-refractivity contribution is -0.0496. The summed E-state index contributed by atoms with van der Waals surface area (Å²) in [7, 11) is 0. The molecule has 0 N–H and O–H groups in total. The highest BCUT2D eigenvalue weighted by molar-refractivity contribution is 5.82. The molecule has 1 aromatic heterocycles. The summed E-state index contributed by atoms with van der Waals surface area (Å²) in [5.41, 5.74) is 2.40. The molecule has 0 atom stereocenters. The van der Waals surface area contributed by atoms with Crippen LogP contribution < -0.4 is 0 Å². The van der Waals surface area contributed by atoms with Crippen molar-refractivity contribution in [3.8, 4) is 0 Å². The maximum atomic E-state index is 5.52. The fourth-order valence-corrected chi connectivity index (χ4v) is 2.01. The summed E-state index contributed by atoms with van der Waals surface area (Å²) in [4.78, 5) is 0. The van der Waals surface area contributed by atoms with Crippen molar-refractivity contribution < 1.29 is 9.15 Å². The van der Waals surface area contributed by atoms with Crippen LogP contribution in [0.3, 0.4) is 0 Å². The first-order valence-corrected chi connectivity index (χ1v) is 4.84.